The minimum absolute atomic E-state index is 0.0375. The SMILES string of the molecule is Cc1c[nH]c2ncc(C3=CC4C=NC=CC4C(CC(C)(C)[C@@H]4CCCN4C(=O)O)=C3)cc12. The average molecular weight is 431 g/mol. The van der Waals surface area contributed by atoms with Gasteiger partial charge in [-0.2, -0.15) is 0 Å². The third-order valence-electron chi connectivity index (χ3n) is 7.32. The second-order valence-electron chi connectivity index (χ2n) is 9.98. The second-order valence-corrected chi connectivity index (χ2v) is 9.98. The first-order valence-corrected chi connectivity index (χ1v) is 11.4. The van der Waals surface area contributed by atoms with Gasteiger partial charge in [-0.25, -0.2) is 9.78 Å². The van der Waals surface area contributed by atoms with Crippen molar-refractivity contribution in [1.82, 2.24) is 14.9 Å². The van der Waals surface area contributed by atoms with Gasteiger partial charge in [-0.05, 0) is 48.8 Å². The highest BCUT2D eigenvalue weighted by atomic mass is 16.4. The van der Waals surface area contributed by atoms with Crippen LogP contribution >= 0.6 is 0 Å². The summed E-state index contributed by atoms with van der Waals surface area (Å²) in [7, 11) is 0. The monoisotopic (exact) mass is 430 g/mol. The number of amides is 1. The number of hydrogen-bond acceptors (Lipinski definition) is 3. The summed E-state index contributed by atoms with van der Waals surface area (Å²) in [6.45, 7) is 7.15. The largest absolute Gasteiger partial charge is 0.465 e. The molecule has 0 bridgehead atoms. The molecule has 1 fully saturated rings. The molecule has 0 radical (unpaired) electrons. The van der Waals surface area contributed by atoms with Gasteiger partial charge in [0.15, 0.2) is 0 Å². The van der Waals surface area contributed by atoms with E-state index in [9.17, 15) is 9.90 Å². The number of rotatable bonds is 4. The Bertz CT molecular complexity index is 1180. The number of H-pyrrole nitrogens is 1. The summed E-state index contributed by atoms with van der Waals surface area (Å²) in [5.74, 6) is 0.467. The number of hydrogen-bond donors (Lipinski definition) is 2. The van der Waals surface area contributed by atoms with E-state index in [2.05, 4.69) is 60.0 Å². The summed E-state index contributed by atoms with van der Waals surface area (Å²) in [5, 5.41) is 10.8. The quantitative estimate of drug-likeness (QED) is 0.664. The van der Waals surface area contributed by atoms with Crippen LogP contribution in [0.3, 0.4) is 0 Å². The van der Waals surface area contributed by atoms with Crippen molar-refractivity contribution in [2.24, 2.45) is 22.2 Å². The Morgan fingerprint density at radius 2 is 2.22 bits per heavy atom. The van der Waals surface area contributed by atoms with E-state index < -0.39 is 6.09 Å². The van der Waals surface area contributed by atoms with E-state index >= 15 is 0 Å². The van der Waals surface area contributed by atoms with Crippen LogP contribution in [0, 0.1) is 24.2 Å². The molecule has 32 heavy (non-hydrogen) atoms. The van der Waals surface area contributed by atoms with Crippen LogP contribution in [-0.4, -0.2) is 44.9 Å². The predicted molar refractivity (Wildman–Crippen MR) is 128 cm³/mol. The number of fused-ring (bicyclic) bond motifs is 2. The number of carbonyl (C=O) groups is 1. The molecule has 2 aromatic rings. The molecule has 3 aliphatic rings. The molecule has 6 nitrogen and oxygen atoms in total. The molecule has 2 aromatic heterocycles. The summed E-state index contributed by atoms with van der Waals surface area (Å²) in [6, 6.07) is 2.24. The lowest BCUT2D eigenvalue weighted by Crippen LogP contribution is -2.44. The van der Waals surface area contributed by atoms with Crippen molar-refractivity contribution in [3.8, 4) is 0 Å². The molecule has 0 spiro atoms. The molecule has 1 aliphatic carbocycles. The van der Waals surface area contributed by atoms with Gasteiger partial charge in [-0.1, -0.05) is 37.6 Å². The van der Waals surface area contributed by atoms with Crippen LogP contribution in [-0.2, 0) is 0 Å². The lowest BCUT2D eigenvalue weighted by molar-refractivity contribution is 0.0982. The first-order valence-electron chi connectivity index (χ1n) is 11.4. The topological polar surface area (TPSA) is 81.6 Å². The molecule has 0 aromatic carbocycles. The van der Waals surface area contributed by atoms with Crippen LogP contribution in [0.15, 0.2) is 53.5 Å². The van der Waals surface area contributed by atoms with E-state index in [1.165, 1.54) is 11.1 Å². The molecule has 2 unspecified atom stereocenters. The zero-order valence-electron chi connectivity index (χ0n) is 18.9. The van der Waals surface area contributed by atoms with E-state index in [4.69, 9.17) is 0 Å². The molecule has 4 heterocycles. The lowest BCUT2D eigenvalue weighted by atomic mass is 9.70. The maximum Gasteiger partial charge on any atom is 0.407 e. The molecule has 166 valence electrons. The van der Waals surface area contributed by atoms with Gasteiger partial charge in [-0.3, -0.25) is 4.99 Å². The van der Waals surface area contributed by atoms with Gasteiger partial charge < -0.3 is 15.0 Å². The summed E-state index contributed by atoms with van der Waals surface area (Å²) in [4.78, 5) is 25.7. The normalized spacial score (nSPS) is 25.1. The third kappa shape index (κ3) is 3.57. The molecule has 3 atom stereocenters. The maximum atomic E-state index is 11.8. The minimum Gasteiger partial charge on any atom is -0.465 e. The van der Waals surface area contributed by atoms with Crippen LogP contribution in [0.4, 0.5) is 4.79 Å². The van der Waals surface area contributed by atoms with Crippen molar-refractivity contribution in [3.05, 3.63) is 59.6 Å². The number of aliphatic imine (C=N–C) groups is 1. The van der Waals surface area contributed by atoms with Gasteiger partial charge in [0.05, 0.1) is 0 Å². The molecular formula is C26H30N4O2. The number of nitrogens with one attached hydrogen (secondary N) is 1. The molecule has 6 heteroatoms. The van der Waals surface area contributed by atoms with Gasteiger partial charge in [0, 0.05) is 60.2 Å². The van der Waals surface area contributed by atoms with Crippen LogP contribution < -0.4 is 0 Å². The molecule has 1 saturated heterocycles. The van der Waals surface area contributed by atoms with Crippen molar-refractivity contribution in [3.63, 3.8) is 0 Å². The van der Waals surface area contributed by atoms with E-state index in [1.54, 1.807) is 4.90 Å². The standard InChI is InChI=1S/C26H30N4O2/c1-16-13-28-24-22(16)11-19(15-29-24)17-9-18(21-6-7-27-14-20(21)10-17)12-26(2,3)23-5-4-8-30(23)25(31)32/h6-7,9-11,13-15,20-21,23H,4-5,8,12H2,1-3H3,(H,28,29)(H,31,32)/t20?,21?,23-/m0/s1. The Labute approximate surface area is 188 Å². The van der Waals surface area contributed by atoms with Gasteiger partial charge in [0.1, 0.15) is 5.65 Å². The lowest BCUT2D eigenvalue weighted by Gasteiger charge is -2.40. The van der Waals surface area contributed by atoms with Crippen LogP contribution in [0.25, 0.3) is 16.6 Å². The van der Waals surface area contributed by atoms with Gasteiger partial charge in [0.25, 0.3) is 0 Å². The molecule has 2 aliphatic heterocycles. The van der Waals surface area contributed by atoms with Crippen LogP contribution in [0.1, 0.15) is 44.2 Å². The Morgan fingerprint density at radius 1 is 1.38 bits per heavy atom. The Kier molecular flexibility index (Phi) is 5.03. The Morgan fingerprint density at radius 3 is 3.03 bits per heavy atom. The first-order chi connectivity index (χ1) is 15.3. The van der Waals surface area contributed by atoms with Crippen LogP contribution in [0.2, 0.25) is 0 Å². The van der Waals surface area contributed by atoms with E-state index in [-0.39, 0.29) is 23.3 Å². The van der Waals surface area contributed by atoms with Crippen molar-refractivity contribution in [1.29, 1.82) is 0 Å². The van der Waals surface area contributed by atoms with Crippen molar-refractivity contribution < 1.29 is 9.90 Å². The highest BCUT2D eigenvalue weighted by Gasteiger charge is 2.41. The maximum absolute atomic E-state index is 11.8. The second kappa shape index (κ2) is 7.76. The molecular weight excluding hydrogens is 400 g/mol. The van der Waals surface area contributed by atoms with Gasteiger partial charge in [-0.15, -0.1) is 0 Å². The van der Waals surface area contributed by atoms with E-state index in [1.807, 2.05) is 24.8 Å². The number of likely N-dealkylation sites (tertiary alicyclic amines) is 1. The molecule has 5 rings (SSSR count). The fourth-order valence-electron chi connectivity index (χ4n) is 5.67. The summed E-state index contributed by atoms with van der Waals surface area (Å²) in [5.41, 5.74) is 5.53. The van der Waals surface area contributed by atoms with Crippen LogP contribution in [0.5, 0.6) is 0 Å². The first kappa shape index (κ1) is 20.7. The molecule has 0 saturated carbocycles. The summed E-state index contributed by atoms with van der Waals surface area (Å²) in [6.07, 6.45) is 16.5. The van der Waals surface area contributed by atoms with Crippen molar-refractivity contribution in [2.75, 3.05) is 6.54 Å². The fourth-order valence-corrected chi connectivity index (χ4v) is 5.67. The van der Waals surface area contributed by atoms with Gasteiger partial charge >= 0.3 is 6.09 Å². The molecule has 2 N–H and O–H groups in total. The summed E-state index contributed by atoms with van der Waals surface area (Å²) < 4.78 is 0. The smallest absolute Gasteiger partial charge is 0.407 e. The highest BCUT2D eigenvalue weighted by molar-refractivity contribution is 5.87. The Balaban J connectivity index is 1.51. The number of carboxylic acid groups (broad SMARTS) is 1. The van der Waals surface area contributed by atoms with Crippen molar-refractivity contribution >= 4 is 28.9 Å². The zero-order valence-corrected chi connectivity index (χ0v) is 18.9. The fraction of sp³-hybridized carbons (Fsp3) is 0.423. The van der Waals surface area contributed by atoms with E-state index in [0.717, 1.165) is 41.4 Å². The van der Waals surface area contributed by atoms with Gasteiger partial charge in [0.2, 0.25) is 0 Å². The highest BCUT2D eigenvalue weighted by Crippen LogP contribution is 2.44. The predicted octanol–water partition coefficient (Wildman–Crippen LogP) is 5.58. The number of pyridine rings is 1. The third-order valence-corrected chi connectivity index (χ3v) is 7.32. The Hall–Kier alpha value is -3.15. The van der Waals surface area contributed by atoms with Crippen molar-refractivity contribution in [2.45, 2.75) is 46.1 Å². The average Bonchev–Trinajstić information content (AvgIpc) is 3.41. The number of aryl methyl sites for hydroxylation is 1. The number of allylic oxidation sites excluding steroid dienone is 5. The van der Waals surface area contributed by atoms with E-state index in [0.29, 0.717) is 6.54 Å². The number of aromatic nitrogens is 2. The minimum atomic E-state index is -0.803. The number of nitrogens with zero attached hydrogens (tertiary/aromatic N) is 3. The molecule has 1 amide bonds. The summed E-state index contributed by atoms with van der Waals surface area (Å²) >= 11 is 0. The number of aromatic amines is 1. The zero-order chi connectivity index (χ0) is 22.5.